The van der Waals surface area contributed by atoms with E-state index >= 15 is 0 Å². The molecular weight excluding hydrogens is 1670 g/mol. The third-order valence-electron chi connectivity index (χ3n) is 22.4. The average molecular weight is 1770 g/mol. The minimum atomic E-state index is -7.47. The van der Waals surface area contributed by atoms with E-state index in [9.17, 15) is 77.9 Å². The number of carbonyl (C=O) groups excluding carboxylic acids is 1. The van der Waals surface area contributed by atoms with Crippen LogP contribution >= 0.6 is 0 Å². The smallest absolute Gasteiger partial charge is 1.00 e. The van der Waals surface area contributed by atoms with Crippen LogP contribution in [-0.2, 0) is 82.6 Å². The fourth-order valence-electron chi connectivity index (χ4n) is 18.0. The monoisotopic (exact) mass is 1770 g/mol. The van der Waals surface area contributed by atoms with Gasteiger partial charge in [0, 0.05) is 0 Å². The maximum absolute atomic E-state index is 12.2. The van der Waals surface area contributed by atoms with Crippen LogP contribution in [0.5, 0.6) is 0 Å². The Kier molecular flexibility index (Phi) is 31.0. The number of amidine groups is 4. The molecule has 0 bridgehead atoms. The van der Waals surface area contributed by atoms with E-state index in [0.717, 1.165) is 43.8 Å². The Morgan fingerprint density at radius 3 is 1.05 bits per heavy atom. The number of carbonyl (C=O) groups is 1. The van der Waals surface area contributed by atoms with Gasteiger partial charge in [-0.1, -0.05) is 0 Å². The summed E-state index contributed by atoms with van der Waals surface area (Å²) in [5, 5.41) is 2.91. The largest absolute Gasteiger partial charge is 1.00 e. The molecule has 0 saturated carbocycles. The van der Waals surface area contributed by atoms with Crippen LogP contribution in [0.2, 0.25) is 38.3 Å². The van der Waals surface area contributed by atoms with E-state index in [2.05, 4.69) is 47.9 Å². The van der Waals surface area contributed by atoms with Crippen molar-refractivity contribution in [2.75, 3.05) is 128 Å². The van der Waals surface area contributed by atoms with E-state index in [1.165, 1.54) is 7.11 Å². The van der Waals surface area contributed by atoms with Crippen molar-refractivity contribution in [1.29, 1.82) is 0 Å². The zero-order valence-electron chi connectivity index (χ0n) is 66.8. The van der Waals surface area contributed by atoms with E-state index < -0.39 is 110 Å². The van der Waals surface area contributed by atoms with Gasteiger partial charge in [-0.15, -0.1) is 0 Å². The first-order valence-corrected chi connectivity index (χ1v) is 54.9. The number of aliphatic imine (C=N–C) groups is 2. The zero-order chi connectivity index (χ0) is 80.5. The number of benzene rings is 4. The van der Waals surface area contributed by atoms with Gasteiger partial charge in [-0.05, 0) is 0 Å². The molecule has 4 aromatic carbocycles. The van der Waals surface area contributed by atoms with E-state index in [0.29, 0.717) is 104 Å². The van der Waals surface area contributed by atoms with Crippen molar-refractivity contribution in [3.05, 3.63) is 130 Å². The van der Waals surface area contributed by atoms with Crippen LogP contribution in [0.4, 0.5) is 11.6 Å². The van der Waals surface area contributed by atoms with Gasteiger partial charge in [0.05, 0.1) is 33.4 Å². The van der Waals surface area contributed by atoms with E-state index in [4.69, 9.17) is 34.2 Å². The Morgan fingerprint density at radius 1 is 0.400 bits per heavy atom. The van der Waals surface area contributed by atoms with E-state index in [1.54, 1.807) is 0 Å². The first-order valence-electron chi connectivity index (χ1n) is 38.2. The minimum Gasteiger partial charge on any atom is 1.00 e. The second-order valence-corrected chi connectivity index (χ2v) is 53.3. The molecule has 6 aliphatic heterocycles. The van der Waals surface area contributed by atoms with E-state index in [-0.39, 0.29) is 228 Å². The summed E-state index contributed by atoms with van der Waals surface area (Å²) < 4.78 is 233. The van der Waals surface area contributed by atoms with Crippen molar-refractivity contribution in [1.82, 2.24) is 8.47 Å². The number of unbranched alkanes of at least 4 members (excludes halogenated alkanes) is 5. The average Bonchev–Trinajstić information content (AvgIpc) is 1.46. The van der Waals surface area contributed by atoms with Crippen molar-refractivity contribution in [3.63, 3.8) is 0 Å². The Hall–Kier alpha value is -3.37. The molecule has 32 nitrogen and oxygen atoms in total. The number of hydrogen-bond donors (Lipinski definition) is 0. The normalized spacial score (nSPS) is 16.7. The summed E-state index contributed by atoms with van der Waals surface area (Å²) in [5.74, 6) is -0.703. The maximum Gasteiger partial charge on any atom is 1.00 e. The standard InChI is InChI=1S/C72H102N10O22S5Si3.3Na/c1-99-64(83)34-43-100-45-47-102-48-46-101-44-42-82(38-17-22-52-108(93,94)95,39-18-23-53-109(96,97)98)41-25-55-111(4,5)104-112(103-110(2,3)54-24-40-81(35-14-19-49-105(84,85)86,36-15-20-50-106(87,88)89)37-16-21-51-107(90,91)92)77-65-56-26-6-7-27-57(56)66(77)74-68-60-30-10-11-31-61(60)70(79(68)112)76-72-63-33-13-12-32-62(63)71(80(72)112)75-69-59-29-9-8-28-58(59)67(73-65)78(69)112;;;/h6-13,26-33H,14-25,34-55H2,1-5H3,(H3-2,84,85,86,87,88,89,90,91,92,93,94,95,96,97,98);;;/q;3*+1/p-3. The third-order valence-corrected chi connectivity index (χ3v) is 43.1. The van der Waals surface area contributed by atoms with Crippen molar-refractivity contribution >= 4 is 137 Å². The summed E-state index contributed by atoms with van der Waals surface area (Å²) in [5.41, 5.74) is 3.86. The van der Waals surface area contributed by atoms with Crippen LogP contribution in [0.15, 0.2) is 117 Å². The zero-order valence-corrected chi connectivity index (χ0v) is 79.9. The molecule has 6 aliphatic rings. The van der Waals surface area contributed by atoms with Gasteiger partial charge in [-0.2, -0.15) is 0 Å². The predicted molar refractivity (Wildman–Crippen MR) is 420 cm³/mol. The fraction of sp³-hybridized carbons (Fsp3) is 0.542. The number of quaternary nitrogens is 2. The molecule has 8 heterocycles. The molecule has 12 rings (SSSR count). The summed E-state index contributed by atoms with van der Waals surface area (Å²) in [6.07, 6.45) is 2.18. The van der Waals surface area contributed by atoms with Gasteiger partial charge in [0.2, 0.25) is 0 Å². The molecule has 0 amide bonds. The number of rotatable bonds is 49. The molecule has 2 aromatic heterocycles. The van der Waals surface area contributed by atoms with Crippen molar-refractivity contribution in [3.8, 4) is 0 Å². The summed E-state index contributed by atoms with van der Waals surface area (Å²) in [6, 6.07) is 32.5. The number of nitrogens with zero attached hydrogens (tertiary/aromatic N) is 10. The van der Waals surface area contributed by atoms with Crippen molar-refractivity contribution in [2.24, 2.45) is 20.0 Å². The number of aromatic nitrogens is 2. The van der Waals surface area contributed by atoms with Gasteiger partial charge in [0.25, 0.3) is 0 Å². The molecule has 0 fully saturated rings. The molecule has 0 N–H and O–H groups in total. The maximum atomic E-state index is 12.2. The number of ether oxygens (including phenoxy) is 4. The Morgan fingerprint density at radius 2 is 0.704 bits per heavy atom. The molecule has 1 spiro atoms. The molecule has 0 aliphatic carbocycles. The number of methoxy groups -OCH3 is 1. The third kappa shape index (κ3) is 20.1. The minimum absolute atomic E-state index is 0. The number of esters is 1. The number of fused-ring (bicyclic) bond motifs is 12. The molecule has 115 heavy (non-hydrogen) atoms. The van der Waals surface area contributed by atoms with Gasteiger partial charge in [0.1, 0.15) is 0 Å². The molecule has 6 aromatic rings. The molecule has 0 radical (unpaired) electrons. The second-order valence-electron chi connectivity index (χ2n) is 31.4. The molecule has 43 heteroatoms. The van der Waals surface area contributed by atoms with Crippen molar-refractivity contribution in [2.45, 2.75) is 122 Å². The second kappa shape index (κ2) is 37.4. The summed E-state index contributed by atoms with van der Waals surface area (Å²) >= 11 is 0. The fourth-order valence-corrected chi connectivity index (χ4v) is 43.0. The van der Waals surface area contributed by atoms with Gasteiger partial charge >= 0.3 is 701 Å². The molecule has 614 valence electrons. The van der Waals surface area contributed by atoms with Crippen molar-refractivity contribution < 1.29 is 203 Å². The molecule has 0 unspecified atom stereocenters. The van der Waals surface area contributed by atoms with Crippen LogP contribution in [-0.4, -0.2) is 272 Å². The summed E-state index contributed by atoms with van der Waals surface area (Å²) in [6.45, 7) is 12.3. The SMILES string of the molecule is COC(=O)CCOCCOCCOCC[N+](CCCCS(=O)(=O)[O-])(CCCCS(=O)(=O)[O-])CCC[Si](C)(C)O[Si-2]123(O[Si](C)(C)CCC[N+](CCCCS(=O)(=O)[O-])(CCCCS(=O)(=O)[O-])CCCCS(=O)(=O)[O-])n4c5c6ccccc6c4N=C4c6ccccc6C(=[N+]41)N=c1c4ccccc4c(n12)=NC1=[N+]3C(=N5)c2ccccc21.[Na+].[Na+].[Na+]. The Balaban J connectivity index is 0.00000504. The summed E-state index contributed by atoms with van der Waals surface area (Å²) in [7, 11) is -36.9. The van der Waals surface area contributed by atoms with Crippen LogP contribution in [0.25, 0.3) is 21.5 Å². The van der Waals surface area contributed by atoms with Gasteiger partial charge in [-0.25, -0.2) is 0 Å². The predicted octanol–water partition coefficient (Wildman–Crippen LogP) is -3.57. The van der Waals surface area contributed by atoms with Crippen LogP contribution in [0.3, 0.4) is 0 Å². The Labute approximate surface area is 741 Å². The Bertz CT molecular complexity index is 5250. The molecular formula is C72H99N10Na3O22S5Si3. The first-order chi connectivity index (χ1) is 52.8. The first kappa shape index (κ1) is 95.5. The number of hydrogen-bond acceptors (Lipinski definition) is 26. The van der Waals surface area contributed by atoms with Gasteiger partial charge < -0.3 is 9.47 Å². The molecule has 0 atom stereocenters. The topological polar surface area (TPSA) is 424 Å². The summed E-state index contributed by atoms with van der Waals surface area (Å²) in [4.78, 5) is 35.0. The van der Waals surface area contributed by atoms with Crippen LogP contribution in [0, 0.1) is 0 Å². The van der Waals surface area contributed by atoms with Crippen LogP contribution in [0.1, 0.15) is 106 Å². The van der Waals surface area contributed by atoms with Gasteiger partial charge in [0.15, 0.2) is 0 Å². The van der Waals surface area contributed by atoms with E-state index in [1.807, 2.05) is 97.1 Å². The van der Waals surface area contributed by atoms with Crippen LogP contribution < -0.4 is 99.6 Å². The molecule has 0 saturated heterocycles. The quantitative estimate of drug-likeness (QED) is 0.0117. The van der Waals surface area contributed by atoms with Gasteiger partial charge in [-0.3, -0.25) is 4.79 Å².